The summed E-state index contributed by atoms with van der Waals surface area (Å²) in [6, 6.07) is 4.68. The number of esters is 1. The van der Waals surface area contributed by atoms with Gasteiger partial charge in [-0.25, -0.2) is 9.18 Å². The van der Waals surface area contributed by atoms with E-state index < -0.39 is 42.2 Å². The quantitative estimate of drug-likeness (QED) is 0.593. The molecular weight excluding hydrogens is 396 g/mol. The number of halogens is 4. The number of alkyl halides is 3. The van der Waals surface area contributed by atoms with Crippen LogP contribution < -0.4 is 15.0 Å². The van der Waals surface area contributed by atoms with E-state index in [2.05, 4.69) is 5.32 Å². The number of methoxy groups -OCH3 is 1. The highest BCUT2D eigenvalue weighted by molar-refractivity contribution is 6.06. The number of benzene rings is 2. The minimum atomic E-state index is -4.66. The van der Waals surface area contributed by atoms with Crippen LogP contribution in [0.15, 0.2) is 36.4 Å². The number of nitrogens with zero attached hydrogens (tertiary/aromatic N) is 1. The number of rotatable bonds is 4. The van der Waals surface area contributed by atoms with Gasteiger partial charge in [-0.1, -0.05) is 12.1 Å². The Bertz CT molecular complexity index is 962. The first-order chi connectivity index (χ1) is 13.6. The third kappa shape index (κ3) is 3.96. The molecule has 3 rings (SSSR count). The van der Waals surface area contributed by atoms with Crippen molar-refractivity contribution in [1.29, 1.82) is 0 Å². The van der Waals surface area contributed by atoms with Gasteiger partial charge in [-0.3, -0.25) is 9.69 Å². The molecule has 0 fully saturated rings. The molecule has 1 aliphatic rings. The van der Waals surface area contributed by atoms with Gasteiger partial charge in [-0.05, 0) is 24.3 Å². The summed E-state index contributed by atoms with van der Waals surface area (Å²) >= 11 is 0. The van der Waals surface area contributed by atoms with E-state index in [1.165, 1.54) is 19.2 Å². The molecule has 10 heteroatoms. The Labute approximate surface area is 163 Å². The van der Waals surface area contributed by atoms with Crippen LogP contribution in [-0.2, 0) is 15.7 Å². The molecular formula is C19H16F4N2O4. The van der Waals surface area contributed by atoms with Gasteiger partial charge in [0.25, 0.3) is 0 Å². The van der Waals surface area contributed by atoms with Gasteiger partial charge in [0.1, 0.15) is 24.2 Å². The highest BCUT2D eigenvalue weighted by Gasteiger charge is 2.39. The molecule has 0 saturated heterocycles. The molecule has 2 aromatic carbocycles. The molecule has 1 atom stereocenters. The van der Waals surface area contributed by atoms with E-state index in [1.807, 2.05) is 0 Å². The molecule has 0 aliphatic carbocycles. The predicted molar refractivity (Wildman–Crippen MR) is 95.3 cm³/mol. The minimum Gasteiger partial charge on any atom is -0.495 e. The largest absolute Gasteiger partial charge is 0.495 e. The molecule has 2 amide bonds. The lowest BCUT2D eigenvalue weighted by Crippen LogP contribution is -2.45. The molecule has 29 heavy (non-hydrogen) atoms. The van der Waals surface area contributed by atoms with Crippen LogP contribution in [0.4, 0.5) is 33.7 Å². The Morgan fingerprint density at radius 3 is 2.59 bits per heavy atom. The zero-order chi connectivity index (χ0) is 21.3. The zero-order valence-electron chi connectivity index (χ0n) is 15.3. The van der Waals surface area contributed by atoms with Gasteiger partial charge in [0.05, 0.1) is 24.0 Å². The zero-order valence-corrected chi connectivity index (χ0v) is 15.3. The molecule has 154 valence electrons. The van der Waals surface area contributed by atoms with Crippen molar-refractivity contribution in [2.75, 3.05) is 23.9 Å². The summed E-state index contributed by atoms with van der Waals surface area (Å²) in [7, 11) is 1.24. The molecule has 0 spiro atoms. The first-order valence-electron chi connectivity index (χ1n) is 8.40. The molecule has 0 bridgehead atoms. The van der Waals surface area contributed by atoms with E-state index >= 15 is 0 Å². The highest BCUT2D eigenvalue weighted by Crippen LogP contribution is 2.43. The van der Waals surface area contributed by atoms with Crippen LogP contribution in [0, 0.1) is 5.82 Å². The predicted octanol–water partition coefficient (Wildman–Crippen LogP) is 4.51. The topological polar surface area (TPSA) is 67.9 Å². The smallest absolute Gasteiger partial charge is 0.416 e. The SMILES string of the molecule is COc1ccc(C(F)(F)F)cc1N1C(=O)Nc2c(F)cccc2C1COC(C)=O. The van der Waals surface area contributed by atoms with Gasteiger partial charge in [-0.2, -0.15) is 13.2 Å². The van der Waals surface area contributed by atoms with Crippen molar-refractivity contribution in [2.45, 2.75) is 19.1 Å². The van der Waals surface area contributed by atoms with Crippen LogP contribution in [0.3, 0.4) is 0 Å². The van der Waals surface area contributed by atoms with E-state index in [-0.39, 0.29) is 22.7 Å². The Kier molecular flexibility index (Phi) is 5.36. The maximum atomic E-state index is 14.2. The summed E-state index contributed by atoms with van der Waals surface area (Å²) in [5, 5.41) is 2.34. The van der Waals surface area contributed by atoms with Crippen molar-refractivity contribution in [3.05, 3.63) is 53.3 Å². The van der Waals surface area contributed by atoms with E-state index in [0.717, 1.165) is 36.1 Å². The fourth-order valence-corrected chi connectivity index (χ4v) is 3.09. The van der Waals surface area contributed by atoms with Crippen molar-refractivity contribution in [3.8, 4) is 5.75 Å². The standard InChI is InChI=1S/C19H16F4N2O4/c1-10(26)29-9-15-12-4-3-5-13(20)17(12)24-18(27)25(15)14-8-11(19(21,22)23)6-7-16(14)28-2/h3-8,15H,9H2,1-2H3,(H,24,27). The van der Waals surface area contributed by atoms with Crippen molar-refractivity contribution in [3.63, 3.8) is 0 Å². The normalized spacial score (nSPS) is 16.1. The number of hydrogen-bond donors (Lipinski definition) is 1. The number of urea groups is 1. The van der Waals surface area contributed by atoms with Crippen LogP contribution in [0.5, 0.6) is 5.75 Å². The van der Waals surface area contributed by atoms with Crippen molar-refractivity contribution < 1.29 is 36.6 Å². The Balaban J connectivity index is 2.18. The monoisotopic (exact) mass is 412 g/mol. The molecule has 1 N–H and O–H groups in total. The lowest BCUT2D eigenvalue weighted by molar-refractivity contribution is -0.141. The number of carbonyl (C=O) groups is 2. The second-order valence-electron chi connectivity index (χ2n) is 6.21. The number of anilines is 2. The van der Waals surface area contributed by atoms with Crippen molar-refractivity contribution >= 4 is 23.4 Å². The van der Waals surface area contributed by atoms with Crippen LogP contribution in [0.2, 0.25) is 0 Å². The number of amides is 2. The third-order valence-corrected chi connectivity index (χ3v) is 4.38. The van der Waals surface area contributed by atoms with Gasteiger partial charge >= 0.3 is 18.2 Å². The van der Waals surface area contributed by atoms with E-state index in [4.69, 9.17) is 9.47 Å². The number of para-hydroxylation sites is 1. The summed E-state index contributed by atoms with van der Waals surface area (Å²) in [6.45, 7) is 0.753. The molecule has 0 radical (unpaired) electrons. The summed E-state index contributed by atoms with van der Waals surface area (Å²) in [5.41, 5.74) is -1.09. The first-order valence-corrected chi connectivity index (χ1v) is 8.40. The first kappa shape index (κ1) is 20.4. The Morgan fingerprint density at radius 2 is 1.97 bits per heavy atom. The lowest BCUT2D eigenvalue weighted by atomic mass is 9.99. The van der Waals surface area contributed by atoms with E-state index in [1.54, 1.807) is 0 Å². The number of carbonyl (C=O) groups excluding carboxylic acids is 2. The third-order valence-electron chi connectivity index (χ3n) is 4.38. The molecule has 6 nitrogen and oxygen atoms in total. The van der Waals surface area contributed by atoms with Gasteiger partial charge in [0, 0.05) is 12.5 Å². The van der Waals surface area contributed by atoms with Crippen LogP contribution in [0.25, 0.3) is 0 Å². The van der Waals surface area contributed by atoms with Crippen molar-refractivity contribution in [2.24, 2.45) is 0 Å². The van der Waals surface area contributed by atoms with Crippen molar-refractivity contribution in [1.82, 2.24) is 0 Å². The number of nitrogens with one attached hydrogen (secondary N) is 1. The fourth-order valence-electron chi connectivity index (χ4n) is 3.09. The average molecular weight is 412 g/mol. The van der Waals surface area contributed by atoms with E-state index in [9.17, 15) is 27.2 Å². The van der Waals surface area contributed by atoms with Crippen LogP contribution >= 0.6 is 0 Å². The fraction of sp³-hybridized carbons (Fsp3) is 0.263. The van der Waals surface area contributed by atoms with Gasteiger partial charge in [0.15, 0.2) is 0 Å². The number of fused-ring (bicyclic) bond motifs is 1. The lowest BCUT2D eigenvalue weighted by Gasteiger charge is -2.37. The van der Waals surface area contributed by atoms with Crippen LogP contribution in [0.1, 0.15) is 24.1 Å². The van der Waals surface area contributed by atoms with Gasteiger partial charge < -0.3 is 14.8 Å². The van der Waals surface area contributed by atoms with Crippen LogP contribution in [-0.4, -0.2) is 25.7 Å². The average Bonchev–Trinajstić information content (AvgIpc) is 2.65. The maximum absolute atomic E-state index is 14.2. The molecule has 0 aromatic heterocycles. The minimum absolute atomic E-state index is 0.0131. The van der Waals surface area contributed by atoms with Gasteiger partial charge in [-0.15, -0.1) is 0 Å². The summed E-state index contributed by atoms with van der Waals surface area (Å²) in [6.07, 6.45) is -4.66. The highest BCUT2D eigenvalue weighted by atomic mass is 19.4. The molecule has 2 aromatic rings. The van der Waals surface area contributed by atoms with Gasteiger partial charge in [0.2, 0.25) is 0 Å². The molecule has 1 heterocycles. The molecule has 1 unspecified atom stereocenters. The summed E-state index contributed by atoms with van der Waals surface area (Å²) in [4.78, 5) is 25.0. The summed E-state index contributed by atoms with van der Waals surface area (Å²) in [5.74, 6) is -1.40. The number of hydrogen-bond acceptors (Lipinski definition) is 4. The molecule has 0 saturated carbocycles. The second kappa shape index (κ2) is 7.61. The maximum Gasteiger partial charge on any atom is 0.416 e. The second-order valence-corrected chi connectivity index (χ2v) is 6.21. The van der Waals surface area contributed by atoms with E-state index in [0.29, 0.717) is 0 Å². The summed E-state index contributed by atoms with van der Waals surface area (Å²) < 4.78 is 64.0. The molecule has 1 aliphatic heterocycles. The number of ether oxygens (including phenoxy) is 2. The Morgan fingerprint density at radius 1 is 1.24 bits per heavy atom. The Hall–Kier alpha value is -3.30.